The lowest BCUT2D eigenvalue weighted by atomic mass is 10.0. The van der Waals surface area contributed by atoms with Gasteiger partial charge in [0.2, 0.25) is 0 Å². The number of nitrogens with zero attached hydrogens (tertiary/aromatic N) is 1. The maximum atomic E-state index is 6.10. The molecule has 16 heavy (non-hydrogen) atoms. The molecule has 5 heteroatoms. The molecule has 1 atom stereocenters. The van der Waals surface area contributed by atoms with Crippen molar-refractivity contribution in [3.05, 3.63) is 51.4 Å². The Morgan fingerprint density at radius 2 is 2.25 bits per heavy atom. The van der Waals surface area contributed by atoms with Crippen LogP contribution in [0.25, 0.3) is 0 Å². The fourth-order valence-corrected chi connectivity index (χ4v) is 2.35. The van der Waals surface area contributed by atoms with Gasteiger partial charge in [-0.05, 0) is 18.1 Å². The van der Waals surface area contributed by atoms with Gasteiger partial charge in [-0.3, -0.25) is 11.3 Å². The number of nitrogens with two attached hydrogens (primary N) is 1. The summed E-state index contributed by atoms with van der Waals surface area (Å²) in [5.74, 6) is 5.53. The highest BCUT2D eigenvalue weighted by atomic mass is 35.5. The van der Waals surface area contributed by atoms with Crippen LogP contribution in [0.15, 0.2) is 35.2 Å². The largest absolute Gasteiger partial charge is 0.271 e. The second-order valence-corrected chi connectivity index (χ2v) is 4.55. The predicted molar refractivity (Wildman–Crippen MR) is 67.3 cm³/mol. The molecule has 2 aromatic rings. The minimum atomic E-state index is 0.00569. The Bertz CT molecular complexity index is 444. The lowest BCUT2D eigenvalue weighted by Gasteiger charge is -2.14. The number of hydrazine groups is 1. The van der Waals surface area contributed by atoms with Gasteiger partial charge in [-0.15, -0.1) is 11.3 Å². The summed E-state index contributed by atoms with van der Waals surface area (Å²) in [6.45, 7) is 0. The van der Waals surface area contributed by atoms with E-state index in [-0.39, 0.29) is 6.04 Å². The summed E-state index contributed by atoms with van der Waals surface area (Å²) in [6, 6.07) is 7.77. The first kappa shape index (κ1) is 11.5. The number of halogens is 1. The average Bonchev–Trinajstić information content (AvgIpc) is 2.81. The number of hydrogen-bond donors (Lipinski definition) is 2. The summed E-state index contributed by atoms with van der Waals surface area (Å²) in [7, 11) is 0. The van der Waals surface area contributed by atoms with Crippen molar-refractivity contribution < 1.29 is 0 Å². The summed E-state index contributed by atoms with van der Waals surface area (Å²) >= 11 is 7.66. The molecule has 0 fully saturated rings. The van der Waals surface area contributed by atoms with Crippen LogP contribution < -0.4 is 11.3 Å². The SMILES string of the molecule is NNC(Cc1ccccc1Cl)c1cscn1. The lowest BCUT2D eigenvalue weighted by Crippen LogP contribution is -2.29. The molecule has 1 heterocycles. The van der Waals surface area contributed by atoms with E-state index in [0.29, 0.717) is 0 Å². The third-order valence-electron chi connectivity index (χ3n) is 2.39. The van der Waals surface area contributed by atoms with Crippen molar-refractivity contribution in [2.75, 3.05) is 0 Å². The highest BCUT2D eigenvalue weighted by Crippen LogP contribution is 2.22. The first-order valence-corrected chi connectivity index (χ1v) is 6.21. The molecule has 1 unspecified atom stereocenters. The van der Waals surface area contributed by atoms with Crippen LogP contribution in [0.2, 0.25) is 5.02 Å². The Hall–Kier alpha value is -0.940. The van der Waals surface area contributed by atoms with E-state index in [1.807, 2.05) is 29.6 Å². The maximum absolute atomic E-state index is 6.10. The van der Waals surface area contributed by atoms with E-state index in [1.54, 1.807) is 16.8 Å². The van der Waals surface area contributed by atoms with Crippen LogP contribution in [0.1, 0.15) is 17.3 Å². The summed E-state index contributed by atoms with van der Waals surface area (Å²) in [5.41, 5.74) is 6.58. The van der Waals surface area contributed by atoms with Crippen LogP contribution >= 0.6 is 22.9 Å². The quantitative estimate of drug-likeness (QED) is 0.650. The van der Waals surface area contributed by atoms with Crippen molar-refractivity contribution in [1.82, 2.24) is 10.4 Å². The number of aromatic nitrogens is 1. The molecular formula is C11H12ClN3S. The van der Waals surface area contributed by atoms with E-state index >= 15 is 0 Å². The van der Waals surface area contributed by atoms with E-state index in [4.69, 9.17) is 17.4 Å². The van der Waals surface area contributed by atoms with Gasteiger partial charge in [-0.1, -0.05) is 29.8 Å². The van der Waals surface area contributed by atoms with Gasteiger partial charge in [0.25, 0.3) is 0 Å². The van der Waals surface area contributed by atoms with Gasteiger partial charge in [0, 0.05) is 10.4 Å². The van der Waals surface area contributed by atoms with Crippen molar-refractivity contribution in [1.29, 1.82) is 0 Å². The molecule has 0 saturated heterocycles. The molecule has 0 radical (unpaired) electrons. The molecule has 0 aliphatic heterocycles. The van der Waals surface area contributed by atoms with Gasteiger partial charge >= 0.3 is 0 Å². The Balaban J connectivity index is 2.17. The molecule has 0 spiro atoms. The van der Waals surface area contributed by atoms with Crippen LogP contribution in [0.3, 0.4) is 0 Å². The zero-order valence-electron chi connectivity index (χ0n) is 8.56. The molecule has 0 aliphatic carbocycles. The minimum Gasteiger partial charge on any atom is -0.271 e. The zero-order chi connectivity index (χ0) is 11.4. The summed E-state index contributed by atoms with van der Waals surface area (Å²) in [6.07, 6.45) is 0.736. The molecule has 0 bridgehead atoms. The number of hydrogen-bond acceptors (Lipinski definition) is 4. The van der Waals surface area contributed by atoms with E-state index in [0.717, 1.165) is 22.7 Å². The fourth-order valence-electron chi connectivity index (χ4n) is 1.53. The Labute approximate surface area is 103 Å². The first-order valence-electron chi connectivity index (χ1n) is 4.89. The third-order valence-corrected chi connectivity index (χ3v) is 3.36. The molecule has 0 amide bonds. The normalized spacial score (nSPS) is 12.6. The number of rotatable bonds is 4. The van der Waals surface area contributed by atoms with Gasteiger partial charge in [0.1, 0.15) is 0 Å². The fraction of sp³-hybridized carbons (Fsp3) is 0.182. The lowest BCUT2D eigenvalue weighted by molar-refractivity contribution is 0.541. The van der Waals surface area contributed by atoms with Crippen LogP contribution in [-0.2, 0) is 6.42 Å². The highest BCUT2D eigenvalue weighted by Gasteiger charge is 2.13. The zero-order valence-corrected chi connectivity index (χ0v) is 10.1. The average molecular weight is 254 g/mol. The molecular weight excluding hydrogens is 242 g/mol. The highest BCUT2D eigenvalue weighted by molar-refractivity contribution is 7.07. The Kier molecular flexibility index (Phi) is 3.90. The van der Waals surface area contributed by atoms with E-state index < -0.39 is 0 Å². The standard InChI is InChI=1S/C11H12ClN3S/c12-9-4-2-1-3-8(9)5-10(15-13)11-6-16-7-14-11/h1-4,6-7,10,15H,5,13H2. The Morgan fingerprint density at radius 1 is 1.44 bits per heavy atom. The number of benzene rings is 1. The smallest absolute Gasteiger partial charge is 0.0795 e. The molecule has 1 aromatic carbocycles. The molecule has 2 rings (SSSR count). The number of thiazole rings is 1. The topological polar surface area (TPSA) is 50.9 Å². The maximum Gasteiger partial charge on any atom is 0.0795 e. The van der Waals surface area contributed by atoms with E-state index in [1.165, 1.54) is 0 Å². The molecule has 3 N–H and O–H groups in total. The molecule has 3 nitrogen and oxygen atoms in total. The predicted octanol–water partition coefficient (Wildman–Crippen LogP) is 2.54. The molecule has 1 aromatic heterocycles. The third kappa shape index (κ3) is 2.59. The van der Waals surface area contributed by atoms with Crippen LogP contribution in [-0.4, -0.2) is 4.98 Å². The Morgan fingerprint density at radius 3 is 2.88 bits per heavy atom. The van der Waals surface area contributed by atoms with Gasteiger partial charge < -0.3 is 0 Å². The van der Waals surface area contributed by atoms with Crippen molar-refractivity contribution in [3.8, 4) is 0 Å². The van der Waals surface area contributed by atoms with Gasteiger partial charge in [0.05, 0.1) is 17.2 Å². The summed E-state index contributed by atoms with van der Waals surface area (Å²) < 4.78 is 0. The number of nitrogens with one attached hydrogen (secondary N) is 1. The van der Waals surface area contributed by atoms with Crippen molar-refractivity contribution in [3.63, 3.8) is 0 Å². The van der Waals surface area contributed by atoms with Crippen LogP contribution in [0, 0.1) is 0 Å². The molecule has 84 valence electrons. The van der Waals surface area contributed by atoms with E-state index in [2.05, 4.69) is 10.4 Å². The van der Waals surface area contributed by atoms with Crippen LogP contribution in [0.5, 0.6) is 0 Å². The minimum absolute atomic E-state index is 0.00569. The van der Waals surface area contributed by atoms with Gasteiger partial charge in [0.15, 0.2) is 0 Å². The van der Waals surface area contributed by atoms with Gasteiger partial charge in [-0.25, -0.2) is 4.98 Å². The summed E-state index contributed by atoms with van der Waals surface area (Å²) in [5, 5.41) is 2.75. The van der Waals surface area contributed by atoms with Crippen molar-refractivity contribution >= 4 is 22.9 Å². The van der Waals surface area contributed by atoms with Crippen LogP contribution in [0.4, 0.5) is 0 Å². The second kappa shape index (κ2) is 5.41. The molecule has 0 aliphatic rings. The van der Waals surface area contributed by atoms with Gasteiger partial charge in [-0.2, -0.15) is 0 Å². The van der Waals surface area contributed by atoms with Crippen molar-refractivity contribution in [2.45, 2.75) is 12.5 Å². The second-order valence-electron chi connectivity index (χ2n) is 3.43. The van der Waals surface area contributed by atoms with Crippen molar-refractivity contribution in [2.24, 2.45) is 5.84 Å². The monoisotopic (exact) mass is 253 g/mol. The van der Waals surface area contributed by atoms with E-state index in [9.17, 15) is 0 Å². The first-order chi connectivity index (χ1) is 7.81. The molecule has 0 saturated carbocycles. The summed E-state index contributed by atoms with van der Waals surface area (Å²) in [4.78, 5) is 4.25.